The van der Waals surface area contributed by atoms with Gasteiger partial charge >= 0.3 is 0 Å². The third-order valence-electron chi connectivity index (χ3n) is 4.93. The van der Waals surface area contributed by atoms with Crippen molar-refractivity contribution in [2.24, 2.45) is 4.99 Å². The lowest BCUT2D eigenvalue weighted by atomic mass is 9.95. The van der Waals surface area contributed by atoms with Crippen molar-refractivity contribution in [1.29, 1.82) is 0 Å². The lowest BCUT2D eigenvalue weighted by molar-refractivity contribution is 0.255. The van der Waals surface area contributed by atoms with Crippen LogP contribution in [0.2, 0.25) is 0 Å². The van der Waals surface area contributed by atoms with Gasteiger partial charge < -0.3 is 9.64 Å². The van der Waals surface area contributed by atoms with Gasteiger partial charge in [-0.3, -0.25) is 9.98 Å². The molecule has 6 heteroatoms. The van der Waals surface area contributed by atoms with E-state index in [-0.39, 0.29) is 12.1 Å². The maximum absolute atomic E-state index is 5.69. The second-order valence-corrected chi connectivity index (χ2v) is 8.30. The molecule has 0 unspecified atom stereocenters. The Bertz CT molecular complexity index is 814. The summed E-state index contributed by atoms with van der Waals surface area (Å²) in [6.45, 7) is 4.92. The van der Waals surface area contributed by atoms with Crippen LogP contribution in [0.15, 0.2) is 52.1 Å². The van der Waals surface area contributed by atoms with Crippen molar-refractivity contribution in [2.45, 2.75) is 38.4 Å². The molecule has 2 aliphatic rings. The van der Waals surface area contributed by atoms with E-state index in [4.69, 9.17) is 9.73 Å². The monoisotopic (exact) mass is 431 g/mol. The van der Waals surface area contributed by atoms with Crippen molar-refractivity contribution in [3.63, 3.8) is 0 Å². The maximum Gasteiger partial charge on any atom is 0.160 e. The minimum Gasteiger partial charge on any atom is -0.493 e. The van der Waals surface area contributed by atoms with Crippen LogP contribution in [0.25, 0.3) is 0 Å². The molecule has 136 valence electrons. The molecule has 4 nitrogen and oxygen atoms in total. The summed E-state index contributed by atoms with van der Waals surface area (Å²) < 4.78 is 6.68. The average molecular weight is 432 g/mol. The predicted molar refractivity (Wildman–Crippen MR) is 111 cm³/mol. The molecule has 3 atom stereocenters. The fraction of sp³-hybridized carbons (Fsp3) is 0.400. The van der Waals surface area contributed by atoms with Crippen molar-refractivity contribution >= 4 is 32.9 Å². The zero-order chi connectivity index (χ0) is 18.1. The highest BCUT2D eigenvalue weighted by molar-refractivity contribution is 9.10. The SMILES string of the molecule is CCOc1ccc([C@@H]2[C@@H](c3ccccn3)N=C3SC[C@H](CC)N32)cc1Br. The van der Waals surface area contributed by atoms with Gasteiger partial charge in [0.05, 0.1) is 22.8 Å². The van der Waals surface area contributed by atoms with E-state index in [9.17, 15) is 0 Å². The number of amidine groups is 1. The fourth-order valence-electron chi connectivity index (χ4n) is 3.68. The van der Waals surface area contributed by atoms with Crippen LogP contribution in [0.1, 0.15) is 43.6 Å². The van der Waals surface area contributed by atoms with Gasteiger partial charge in [-0.15, -0.1) is 0 Å². The lowest BCUT2D eigenvalue weighted by Gasteiger charge is -2.32. The Morgan fingerprint density at radius 1 is 1.27 bits per heavy atom. The topological polar surface area (TPSA) is 37.7 Å². The molecule has 1 aromatic heterocycles. The first-order chi connectivity index (χ1) is 12.7. The Labute approximate surface area is 167 Å². The van der Waals surface area contributed by atoms with E-state index in [1.165, 1.54) is 5.56 Å². The van der Waals surface area contributed by atoms with Crippen LogP contribution in [0.5, 0.6) is 5.75 Å². The standard InChI is InChI=1S/C20H22BrN3OS/c1-3-14-12-26-20-23-18(16-7-5-6-10-22-16)19(24(14)20)13-8-9-17(25-4-2)15(21)11-13/h5-11,14,18-19H,3-4,12H2,1-2H3/t14-,18+,19+/m0/s1. The molecular weight excluding hydrogens is 410 g/mol. The summed E-state index contributed by atoms with van der Waals surface area (Å²) in [5.74, 6) is 1.99. The predicted octanol–water partition coefficient (Wildman–Crippen LogP) is 5.22. The lowest BCUT2D eigenvalue weighted by Crippen LogP contribution is -2.35. The van der Waals surface area contributed by atoms with Crippen LogP contribution in [-0.4, -0.2) is 33.5 Å². The zero-order valence-electron chi connectivity index (χ0n) is 14.9. The molecule has 0 N–H and O–H groups in total. The summed E-state index contributed by atoms with van der Waals surface area (Å²) in [7, 11) is 0. The summed E-state index contributed by atoms with van der Waals surface area (Å²) in [4.78, 5) is 12.2. The Morgan fingerprint density at radius 3 is 2.85 bits per heavy atom. The first-order valence-electron chi connectivity index (χ1n) is 9.05. The van der Waals surface area contributed by atoms with Crippen molar-refractivity contribution < 1.29 is 4.74 Å². The molecule has 4 rings (SSSR count). The van der Waals surface area contributed by atoms with Gasteiger partial charge in [-0.2, -0.15) is 0 Å². The summed E-state index contributed by atoms with van der Waals surface area (Å²) in [6.07, 6.45) is 2.98. The number of nitrogens with zero attached hydrogens (tertiary/aromatic N) is 3. The first-order valence-corrected chi connectivity index (χ1v) is 10.8. The number of rotatable bonds is 5. The molecule has 1 saturated heterocycles. The largest absolute Gasteiger partial charge is 0.493 e. The molecule has 1 fully saturated rings. The summed E-state index contributed by atoms with van der Waals surface area (Å²) >= 11 is 5.54. The van der Waals surface area contributed by atoms with Crippen LogP contribution in [0.4, 0.5) is 0 Å². The second-order valence-electron chi connectivity index (χ2n) is 6.46. The summed E-state index contributed by atoms with van der Waals surface area (Å²) in [5, 5.41) is 1.16. The van der Waals surface area contributed by atoms with Crippen molar-refractivity contribution in [3.8, 4) is 5.75 Å². The number of halogens is 1. The van der Waals surface area contributed by atoms with Crippen LogP contribution in [-0.2, 0) is 0 Å². The van der Waals surface area contributed by atoms with Gasteiger partial charge in [0.1, 0.15) is 11.8 Å². The Balaban J connectivity index is 1.76. The van der Waals surface area contributed by atoms with E-state index in [0.717, 1.165) is 33.3 Å². The third-order valence-corrected chi connectivity index (χ3v) is 6.67. The van der Waals surface area contributed by atoms with Gasteiger partial charge in [-0.1, -0.05) is 30.8 Å². The molecule has 0 saturated carbocycles. The third kappa shape index (κ3) is 3.14. The molecule has 2 aromatic rings. The van der Waals surface area contributed by atoms with Gasteiger partial charge in [-0.25, -0.2) is 0 Å². The number of hydrogen-bond donors (Lipinski definition) is 0. The number of hydrogen-bond acceptors (Lipinski definition) is 5. The van der Waals surface area contributed by atoms with E-state index >= 15 is 0 Å². The number of pyridine rings is 1. The van der Waals surface area contributed by atoms with Crippen molar-refractivity contribution in [1.82, 2.24) is 9.88 Å². The molecule has 0 radical (unpaired) electrons. The van der Waals surface area contributed by atoms with Crippen LogP contribution >= 0.6 is 27.7 Å². The molecule has 3 heterocycles. The van der Waals surface area contributed by atoms with Gasteiger partial charge in [-0.05, 0) is 59.1 Å². The number of fused-ring (bicyclic) bond motifs is 1. The molecule has 1 aromatic carbocycles. The molecule has 2 aliphatic heterocycles. The van der Waals surface area contributed by atoms with E-state index < -0.39 is 0 Å². The van der Waals surface area contributed by atoms with E-state index in [1.54, 1.807) is 0 Å². The minimum atomic E-state index is 0.0258. The van der Waals surface area contributed by atoms with E-state index in [0.29, 0.717) is 12.6 Å². The Kier molecular flexibility index (Phi) is 5.23. The molecule has 0 amide bonds. The maximum atomic E-state index is 5.69. The zero-order valence-corrected chi connectivity index (χ0v) is 17.3. The van der Waals surface area contributed by atoms with Crippen LogP contribution in [0, 0.1) is 0 Å². The molecule has 0 bridgehead atoms. The summed E-state index contributed by atoms with van der Waals surface area (Å²) in [5.41, 5.74) is 2.27. The second kappa shape index (κ2) is 7.61. The van der Waals surface area contributed by atoms with Crippen molar-refractivity contribution in [2.75, 3.05) is 12.4 Å². The molecule has 0 aliphatic carbocycles. The fourth-order valence-corrected chi connectivity index (χ4v) is 5.53. The van der Waals surface area contributed by atoms with Crippen LogP contribution in [0.3, 0.4) is 0 Å². The smallest absolute Gasteiger partial charge is 0.160 e. The first kappa shape index (κ1) is 17.9. The normalized spacial score (nSPS) is 24.5. The number of aliphatic imine (C=N–C) groups is 1. The van der Waals surface area contributed by atoms with Crippen molar-refractivity contribution in [3.05, 3.63) is 58.3 Å². The molecular formula is C20H22BrN3OS. The van der Waals surface area contributed by atoms with Gasteiger partial charge in [0.15, 0.2) is 5.17 Å². The molecule has 0 spiro atoms. The quantitative estimate of drug-likeness (QED) is 0.649. The van der Waals surface area contributed by atoms with Crippen LogP contribution < -0.4 is 4.74 Å². The Morgan fingerprint density at radius 2 is 2.15 bits per heavy atom. The van der Waals surface area contributed by atoms with Gasteiger partial charge in [0, 0.05) is 18.0 Å². The van der Waals surface area contributed by atoms with Gasteiger partial charge in [0.2, 0.25) is 0 Å². The number of aromatic nitrogens is 1. The Hall–Kier alpha value is -1.53. The van der Waals surface area contributed by atoms with Gasteiger partial charge in [0.25, 0.3) is 0 Å². The van der Waals surface area contributed by atoms with E-state index in [2.05, 4.69) is 57.0 Å². The average Bonchev–Trinajstić information content (AvgIpc) is 3.23. The number of benzene rings is 1. The summed E-state index contributed by atoms with van der Waals surface area (Å²) in [6, 6.07) is 13.2. The number of thioether (sulfide) groups is 1. The number of ether oxygens (including phenoxy) is 1. The highest BCUT2D eigenvalue weighted by atomic mass is 79.9. The highest BCUT2D eigenvalue weighted by Crippen LogP contribution is 2.49. The van der Waals surface area contributed by atoms with E-state index in [1.807, 2.05) is 37.0 Å². The highest BCUT2D eigenvalue weighted by Gasteiger charge is 2.45. The molecule has 26 heavy (non-hydrogen) atoms. The minimum absolute atomic E-state index is 0.0258.